The molecular formula is C15H21NO4. The van der Waals surface area contributed by atoms with Crippen molar-refractivity contribution in [1.82, 2.24) is 0 Å². The highest BCUT2D eigenvalue weighted by Gasteiger charge is 2.13. The zero-order chi connectivity index (χ0) is 15.1. The topological polar surface area (TPSA) is 66.8 Å². The van der Waals surface area contributed by atoms with Crippen LogP contribution < -0.4 is 4.90 Å². The second-order valence-corrected chi connectivity index (χ2v) is 4.72. The number of aliphatic carboxylic acids is 1. The Kier molecular flexibility index (Phi) is 6.03. The number of anilines is 1. The van der Waals surface area contributed by atoms with Gasteiger partial charge in [0.25, 0.3) is 0 Å². The highest BCUT2D eigenvalue weighted by Crippen LogP contribution is 2.19. The summed E-state index contributed by atoms with van der Waals surface area (Å²) < 4.78 is 4.87. The summed E-state index contributed by atoms with van der Waals surface area (Å²) in [6.45, 7) is 6.19. The second-order valence-electron chi connectivity index (χ2n) is 4.72. The molecule has 5 nitrogen and oxygen atoms in total. The summed E-state index contributed by atoms with van der Waals surface area (Å²) in [5.41, 5.74) is 2.94. The van der Waals surface area contributed by atoms with Crippen LogP contribution in [0.3, 0.4) is 0 Å². The maximum atomic E-state index is 11.4. The molecule has 0 radical (unpaired) electrons. The molecule has 0 unspecified atom stereocenters. The third-order valence-corrected chi connectivity index (χ3v) is 2.79. The largest absolute Gasteiger partial charge is 0.480 e. The molecule has 0 aliphatic carbocycles. The first kappa shape index (κ1) is 16.0. The molecule has 0 saturated carbocycles. The first-order valence-corrected chi connectivity index (χ1v) is 6.63. The van der Waals surface area contributed by atoms with Crippen LogP contribution in [-0.4, -0.2) is 36.7 Å². The maximum Gasteiger partial charge on any atom is 0.323 e. The normalized spacial score (nSPS) is 10.2. The molecule has 0 aliphatic rings. The SMILES string of the molecule is CCOC(=O)CCN(CC(=O)O)c1cc(C)cc(C)c1. The van der Waals surface area contributed by atoms with E-state index in [-0.39, 0.29) is 18.9 Å². The van der Waals surface area contributed by atoms with Gasteiger partial charge < -0.3 is 14.7 Å². The summed E-state index contributed by atoms with van der Waals surface area (Å²) in [7, 11) is 0. The van der Waals surface area contributed by atoms with Gasteiger partial charge in [-0.15, -0.1) is 0 Å². The molecule has 0 aromatic heterocycles. The van der Waals surface area contributed by atoms with Crippen molar-refractivity contribution in [2.75, 3.05) is 24.6 Å². The lowest BCUT2D eigenvalue weighted by atomic mass is 10.1. The quantitative estimate of drug-likeness (QED) is 0.775. The van der Waals surface area contributed by atoms with Crippen molar-refractivity contribution < 1.29 is 19.4 Å². The van der Waals surface area contributed by atoms with E-state index in [4.69, 9.17) is 9.84 Å². The van der Waals surface area contributed by atoms with Crippen molar-refractivity contribution in [2.24, 2.45) is 0 Å². The van der Waals surface area contributed by atoms with Gasteiger partial charge in [-0.3, -0.25) is 9.59 Å². The molecule has 5 heteroatoms. The fourth-order valence-electron chi connectivity index (χ4n) is 2.06. The van der Waals surface area contributed by atoms with Crippen molar-refractivity contribution in [2.45, 2.75) is 27.2 Å². The van der Waals surface area contributed by atoms with Crippen LogP contribution in [-0.2, 0) is 14.3 Å². The number of aryl methyl sites for hydroxylation is 2. The lowest BCUT2D eigenvalue weighted by Crippen LogP contribution is -2.32. The molecule has 0 heterocycles. The van der Waals surface area contributed by atoms with E-state index < -0.39 is 5.97 Å². The van der Waals surface area contributed by atoms with Gasteiger partial charge >= 0.3 is 11.9 Å². The fourth-order valence-corrected chi connectivity index (χ4v) is 2.06. The van der Waals surface area contributed by atoms with Crippen LogP contribution in [0, 0.1) is 13.8 Å². The lowest BCUT2D eigenvalue weighted by Gasteiger charge is -2.23. The van der Waals surface area contributed by atoms with E-state index in [9.17, 15) is 9.59 Å². The van der Waals surface area contributed by atoms with Crippen LogP contribution in [0.25, 0.3) is 0 Å². The van der Waals surface area contributed by atoms with E-state index in [2.05, 4.69) is 0 Å². The molecular weight excluding hydrogens is 258 g/mol. The smallest absolute Gasteiger partial charge is 0.323 e. The van der Waals surface area contributed by atoms with E-state index in [1.807, 2.05) is 32.0 Å². The van der Waals surface area contributed by atoms with Crippen LogP contribution in [0.4, 0.5) is 5.69 Å². The number of esters is 1. The van der Waals surface area contributed by atoms with Gasteiger partial charge in [0.15, 0.2) is 0 Å². The predicted octanol–water partition coefficient (Wildman–Crippen LogP) is 2.15. The van der Waals surface area contributed by atoms with Gasteiger partial charge in [0.1, 0.15) is 6.54 Å². The highest BCUT2D eigenvalue weighted by molar-refractivity contribution is 5.75. The molecule has 1 rings (SSSR count). The fraction of sp³-hybridized carbons (Fsp3) is 0.467. The monoisotopic (exact) mass is 279 g/mol. The van der Waals surface area contributed by atoms with Crippen LogP contribution in [0.1, 0.15) is 24.5 Å². The summed E-state index contributed by atoms with van der Waals surface area (Å²) >= 11 is 0. The van der Waals surface area contributed by atoms with Gasteiger partial charge in [0.05, 0.1) is 13.0 Å². The van der Waals surface area contributed by atoms with Gasteiger partial charge in [-0.1, -0.05) is 6.07 Å². The third-order valence-electron chi connectivity index (χ3n) is 2.79. The van der Waals surface area contributed by atoms with Crippen molar-refractivity contribution in [1.29, 1.82) is 0 Å². The van der Waals surface area contributed by atoms with Crippen LogP contribution >= 0.6 is 0 Å². The molecule has 0 aliphatic heterocycles. The lowest BCUT2D eigenvalue weighted by molar-refractivity contribution is -0.143. The molecule has 0 saturated heterocycles. The minimum Gasteiger partial charge on any atom is -0.480 e. The number of ether oxygens (including phenoxy) is 1. The Morgan fingerprint density at radius 2 is 1.80 bits per heavy atom. The van der Waals surface area contributed by atoms with Crippen LogP contribution in [0.15, 0.2) is 18.2 Å². The van der Waals surface area contributed by atoms with Gasteiger partial charge in [-0.2, -0.15) is 0 Å². The van der Waals surface area contributed by atoms with Crippen molar-refractivity contribution >= 4 is 17.6 Å². The van der Waals surface area contributed by atoms with E-state index in [0.717, 1.165) is 16.8 Å². The van der Waals surface area contributed by atoms with Crippen LogP contribution in [0.2, 0.25) is 0 Å². The summed E-state index contributed by atoms with van der Waals surface area (Å²) in [6, 6.07) is 5.86. The minimum atomic E-state index is -0.923. The zero-order valence-corrected chi connectivity index (χ0v) is 12.2. The Bertz CT molecular complexity index is 465. The third kappa shape index (κ3) is 5.30. The molecule has 0 fully saturated rings. The number of hydrogen-bond donors (Lipinski definition) is 1. The molecule has 20 heavy (non-hydrogen) atoms. The van der Waals surface area contributed by atoms with E-state index in [1.165, 1.54) is 0 Å². The molecule has 1 aromatic carbocycles. The average molecular weight is 279 g/mol. The Hall–Kier alpha value is -2.04. The number of carbonyl (C=O) groups is 2. The summed E-state index contributed by atoms with van der Waals surface area (Å²) in [5.74, 6) is -1.24. The summed E-state index contributed by atoms with van der Waals surface area (Å²) in [6.07, 6.45) is 0.175. The highest BCUT2D eigenvalue weighted by atomic mass is 16.5. The summed E-state index contributed by atoms with van der Waals surface area (Å²) in [4.78, 5) is 24.0. The standard InChI is InChI=1S/C15H21NO4/c1-4-20-15(19)5-6-16(10-14(17)18)13-8-11(2)7-12(3)9-13/h7-9H,4-6,10H2,1-3H3,(H,17,18). The van der Waals surface area contributed by atoms with Gasteiger partial charge in [0, 0.05) is 12.2 Å². The Labute approximate surface area is 119 Å². The molecule has 0 bridgehead atoms. The number of nitrogens with zero attached hydrogens (tertiary/aromatic N) is 1. The minimum absolute atomic E-state index is 0.137. The Balaban J connectivity index is 2.82. The predicted molar refractivity (Wildman–Crippen MR) is 77.0 cm³/mol. The van der Waals surface area contributed by atoms with Crippen molar-refractivity contribution in [3.05, 3.63) is 29.3 Å². The number of carbonyl (C=O) groups excluding carboxylic acids is 1. The Morgan fingerprint density at radius 1 is 1.20 bits per heavy atom. The maximum absolute atomic E-state index is 11.4. The van der Waals surface area contributed by atoms with E-state index in [0.29, 0.717) is 13.2 Å². The number of benzene rings is 1. The first-order valence-electron chi connectivity index (χ1n) is 6.63. The second kappa shape index (κ2) is 7.53. The van der Waals surface area contributed by atoms with Gasteiger partial charge in [0.2, 0.25) is 0 Å². The van der Waals surface area contributed by atoms with Crippen LogP contribution in [0.5, 0.6) is 0 Å². The van der Waals surface area contributed by atoms with E-state index >= 15 is 0 Å². The van der Waals surface area contributed by atoms with Crippen molar-refractivity contribution in [3.63, 3.8) is 0 Å². The number of rotatable bonds is 7. The molecule has 1 N–H and O–H groups in total. The number of hydrogen-bond acceptors (Lipinski definition) is 4. The van der Waals surface area contributed by atoms with Gasteiger partial charge in [-0.05, 0) is 44.0 Å². The number of carboxylic acids is 1. The summed E-state index contributed by atoms with van der Waals surface area (Å²) in [5, 5.41) is 8.99. The van der Waals surface area contributed by atoms with Crippen molar-refractivity contribution in [3.8, 4) is 0 Å². The number of carboxylic acid groups (broad SMARTS) is 1. The van der Waals surface area contributed by atoms with E-state index in [1.54, 1.807) is 11.8 Å². The molecule has 1 aromatic rings. The molecule has 0 atom stereocenters. The average Bonchev–Trinajstić information content (AvgIpc) is 2.33. The molecule has 0 spiro atoms. The molecule has 0 amide bonds. The zero-order valence-electron chi connectivity index (χ0n) is 12.2. The first-order chi connectivity index (χ1) is 9.42. The Morgan fingerprint density at radius 3 is 2.30 bits per heavy atom. The molecule has 110 valence electrons. The van der Waals surface area contributed by atoms with Gasteiger partial charge in [-0.25, -0.2) is 0 Å².